The highest BCUT2D eigenvalue weighted by molar-refractivity contribution is 14.1. The van der Waals surface area contributed by atoms with Gasteiger partial charge in [-0.3, -0.25) is 4.79 Å². The van der Waals surface area contributed by atoms with E-state index in [2.05, 4.69) is 0 Å². The summed E-state index contributed by atoms with van der Waals surface area (Å²) in [4.78, 5) is 10.7. The van der Waals surface area contributed by atoms with Crippen molar-refractivity contribution in [3.8, 4) is 0 Å². The van der Waals surface area contributed by atoms with Crippen LogP contribution in [-0.4, -0.2) is 3.79 Å². The Labute approximate surface area is 78.9 Å². The van der Waals surface area contributed by atoms with Crippen molar-refractivity contribution >= 4 is 32.1 Å². The third-order valence-corrected chi connectivity index (χ3v) is 1.70. The number of nitrogen functional groups attached to an aromatic ring is 1. The Morgan fingerprint density at radius 1 is 1.36 bits per heavy atom. The van der Waals surface area contributed by atoms with E-state index in [0.29, 0.717) is 6.42 Å². The molecular weight excluding hydrogens is 253 g/mol. The fraction of sp³-hybridized carbons (Fsp3) is 0.125. The van der Waals surface area contributed by atoms with Gasteiger partial charge >= 0.3 is 0 Å². The van der Waals surface area contributed by atoms with Crippen LogP contribution in [0, 0.1) is 0 Å². The largest absolute Gasteiger partial charge is 0.399 e. The summed E-state index contributed by atoms with van der Waals surface area (Å²) in [5, 5.41) is 0. The maximum atomic E-state index is 10.7. The van der Waals surface area contributed by atoms with Gasteiger partial charge in [-0.2, -0.15) is 0 Å². The number of halogens is 1. The molecule has 1 aromatic rings. The lowest BCUT2D eigenvalue weighted by Gasteiger charge is -1.96. The lowest BCUT2D eigenvalue weighted by molar-refractivity contribution is -0.108. The number of hydrogen-bond donors (Lipinski definition) is 1. The van der Waals surface area contributed by atoms with E-state index < -0.39 is 0 Å². The number of anilines is 1. The molecule has 11 heavy (non-hydrogen) atoms. The lowest BCUT2D eigenvalue weighted by atomic mass is 10.1. The monoisotopic (exact) mass is 261 g/mol. The number of nitrogens with two attached hydrogens (primary N) is 1. The lowest BCUT2D eigenvalue weighted by Crippen LogP contribution is -1.92. The van der Waals surface area contributed by atoms with Crippen LogP contribution in [0.15, 0.2) is 24.3 Å². The van der Waals surface area contributed by atoms with Crippen LogP contribution >= 0.6 is 22.6 Å². The van der Waals surface area contributed by atoms with E-state index in [9.17, 15) is 4.79 Å². The van der Waals surface area contributed by atoms with Gasteiger partial charge in [-0.15, -0.1) is 0 Å². The minimum absolute atomic E-state index is 0.146. The predicted molar refractivity (Wildman–Crippen MR) is 53.6 cm³/mol. The van der Waals surface area contributed by atoms with Crippen molar-refractivity contribution in [2.24, 2.45) is 0 Å². The zero-order chi connectivity index (χ0) is 8.27. The molecule has 0 spiro atoms. The minimum atomic E-state index is 0.146. The number of carbonyl (C=O) groups is 1. The fourth-order valence-electron chi connectivity index (χ4n) is 0.796. The summed E-state index contributed by atoms with van der Waals surface area (Å²) >= 11 is 1.78. The summed E-state index contributed by atoms with van der Waals surface area (Å²) in [6.07, 6.45) is 0.487. The number of carbonyl (C=O) groups excluding carboxylic acids is 1. The summed E-state index contributed by atoms with van der Waals surface area (Å²) in [5.74, 6) is 0. The van der Waals surface area contributed by atoms with Crippen LogP contribution in [0.4, 0.5) is 5.69 Å². The molecule has 0 aromatic heterocycles. The number of rotatable bonds is 2. The van der Waals surface area contributed by atoms with Gasteiger partial charge < -0.3 is 5.73 Å². The minimum Gasteiger partial charge on any atom is -0.399 e. The van der Waals surface area contributed by atoms with Crippen LogP contribution in [0.1, 0.15) is 5.56 Å². The fourth-order valence-corrected chi connectivity index (χ4v) is 1.24. The molecule has 1 aromatic carbocycles. The smallest absolute Gasteiger partial charge is 0.196 e. The van der Waals surface area contributed by atoms with E-state index >= 15 is 0 Å². The zero-order valence-corrected chi connectivity index (χ0v) is 8.04. The van der Waals surface area contributed by atoms with E-state index in [1.807, 2.05) is 12.1 Å². The maximum absolute atomic E-state index is 10.7. The first-order valence-electron chi connectivity index (χ1n) is 3.21. The van der Waals surface area contributed by atoms with Crippen molar-refractivity contribution in [3.63, 3.8) is 0 Å². The highest BCUT2D eigenvalue weighted by atomic mass is 127. The first-order chi connectivity index (χ1) is 5.18. The Balaban J connectivity index is 2.74. The van der Waals surface area contributed by atoms with Gasteiger partial charge in [0.15, 0.2) is 3.79 Å². The van der Waals surface area contributed by atoms with E-state index in [1.54, 1.807) is 34.7 Å². The quantitative estimate of drug-likeness (QED) is 0.501. The van der Waals surface area contributed by atoms with Crippen LogP contribution < -0.4 is 5.73 Å². The summed E-state index contributed by atoms with van der Waals surface area (Å²) < 4.78 is 0.146. The van der Waals surface area contributed by atoms with Crippen molar-refractivity contribution in [1.82, 2.24) is 0 Å². The number of benzene rings is 1. The molecule has 2 N–H and O–H groups in total. The molecule has 3 heteroatoms. The molecule has 0 saturated carbocycles. The predicted octanol–water partition coefficient (Wildman–Crippen LogP) is 1.77. The summed E-state index contributed by atoms with van der Waals surface area (Å²) in [5.41, 5.74) is 7.21. The van der Waals surface area contributed by atoms with Gasteiger partial charge in [0.25, 0.3) is 0 Å². The molecule has 0 unspecified atom stereocenters. The molecule has 0 saturated heterocycles. The topological polar surface area (TPSA) is 43.1 Å². The average Bonchev–Trinajstić information content (AvgIpc) is 1.93. The molecule has 2 nitrogen and oxygen atoms in total. The van der Waals surface area contributed by atoms with Crippen LogP contribution in [0.2, 0.25) is 0 Å². The van der Waals surface area contributed by atoms with Crippen molar-refractivity contribution in [2.45, 2.75) is 6.42 Å². The van der Waals surface area contributed by atoms with Gasteiger partial charge in [-0.05, 0) is 40.3 Å². The SMILES string of the molecule is Nc1ccc(CC(=O)I)cc1. The summed E-state index contributed by atoms with van der Waals surface area (Å²) in [6, 6.07) is 7.33. The van der Waals surface area contributed by atoms with E-state index in [0.717, 1.165) is 11.3 Å². The third-order valence-electron chi connectivity index (χ3n) is 1.32. The van der Waals surface area contributed by atoms with Crippen molar-refractivity contribution < 1.29 is 4.79 Å². The van der Waals surface area contributed by atoms with Crippen LogP contribution in [0.3, 0.4) is 0 Å². The highest BCUT2D eigenvalue weighted by Crippen LogP contribution is 2.07. The number of hydrogen-bond acceptors (Lipinski definition) is 2. The van der Waals surface area contributed by atoms with Gasteiger partial charge in [0.1, 0.15) is 0 Å². The molecule has 0 amide bonds. The van der Waals surface area contributed by atoms with Gasteiger partial charge in [0, 0.05) is 12.1 Å². The van der Waals surface area contributed by atoms with Gasteiger partial charge in [0.2, 0.25) is 0 Å². The van der Waals surface area contributed by atoms with Crippen molar-refractivity contribution in [2.75, 3.05) is 5.73 Å². The Morgan fingerprint density at radius 2 is 1.91 bits per heavy atom. The second-order valence-corrected chi connectivity index (χ2v) is 3.48. The molecule has 58 valence electrons. The molecular formula is C8H8INO. The third kappa shape index (κ3) is 2.88. The first-order valence-corrected chi connectivity index (χ1v) is 4.29. The van der Waals surface area contributed by atoms with E-state index in [-0.39, 0.29) is 3.79 Å². The molecule has 0 atom stereocenters. The standard InChI is InChI=1S/C8H8INO/c9-8(11)5-6-1-3-7(10)4-2-6/h1-4H,5,10H2. The molecule has 0 radical (unpaired) electrons. The van der Waals surface area contributed by atoms with E-state index in [1.165, 1.54) is 0 Å². The molecule has 0 bridgehead atoms. The molecule has 0 heterocycles. The summed E-state index contributed by atoms with van der Waals surface area (Å²) in [7, 11) is 0. The van der Waals surface area contributed by atoms with Crippen molar-refractivity contribution in [3.05, 3.63) is 29.8 Å². The first kappa shape index (κ1) is 8.52. The van der Waals surface area contributed by atoms with E-state index in [4.69, 9.17) is 5.73 Å². The second-order valence-electron chi connectivity index (χ2n) is 2.27. The summed E-state index contributed by atoms with van der Waals surface area (Å²) in [6.45, 7) is 0. The molecule has 0 fully saturated rings. The normalized spacial score (nSPS) is 9.55. The van der Waals surface area contributed by atoms with Crippen LogP contribution in [-0.2, 0) is 11.2 Å². The average molecular weight is 261 g/mol. The maximum Gasteiger partial charge on any atom is 0.196 e. The Kier molecular flexibility index (Phi) is 2.87. The molecule has 0 aliphatic rings. The van der Waals surface area contributed by atoms with Crippen molar-refractivity contribution in [1.29, 1.82) is 0 Å². The second kappa shape index (κ2) is 3.71. The molecule has 1 rings (SSSR count). The van der Waals surface area contributed by atoms with Gasteiger partial charge in [-0.1, -0.05) is 12.1 Å². The highest BCUT2D eigenvalue weighted by Gasteiger charge is 1.96. The Bertz CT molecular complexity index is 255. The molecule has 0 aliphatic carbocycles. The van der Waals surface area contributed by atoms with Gasteiger partial charge in [-0.25, -0.2) is 0 Å². The van der Waals surface area contributed by atoms with Crippen LogP contribution in [0.5, 0.6) is 0 Å². The Morgan fingerprint density at radius 3 is 2.36 bits per heavy atom. The molecule has 0 aliphatic heterocycles. The van der Waals surface area contributed by atoms with Gasteiger partial charge in [0.05, 0.1) is 0 Å². The zero-order valence-electron chi connectivity index (χ0n) is 5.88. The Hall–Kier alpha value is -0.580. The van der Waals surface area contributed by atoms with Crippen LogP contribution in [0.25, 0.3) is 0 Å².